The molecule has 4 heteroatoms. The van der Waals surface area contributed by atoms with Crippen LogP contribution in [0.2, 0.25) is 0 Å². The number of nitrogens with one attached hydrogen (secondary N) is 1. The molecule has 0 heterocycles. The summed E-state index contributed by atoms with van der Waals surface area (Å²) in [5.74, 6) is 0.366. The van der Waals surface area contributed by atoms with Crippen molar-refractivity contribution in [3.8, 4) is 5.75 Å². The lowest BCUT2D eigenvalue weighted by Crippen LogP contribution is -2.20. The molecule has 4 nitrogen and oxygen atoms in total. The molecule has 2 aromatic carbocycles. The quantitative estimate of drug-likeness (QED) is 0.790. The molecule has 0 bridgehead atoms. The molecule has 0 saturated heterocycles. The van der Waals surface area contributed by atoms with Crippen molar-refractivity contribution in [2.45, 2.75) is 26.7 Å². The molecule has 0 aliphatic carbocycles. The van der Waals surface area contributed by atoms with Crippen LogP contribution in [-0.4, -0.2) is 18.3 Å². The van der Waals surface area contributed by atoms with Crippen LogP contribution in [0.3, 0.4) is 0 Å². The summed E-state index contributed by atoms with van der Waals surface area (Å²) in [7, 11) is 0. The van der Waals surface area contributed by atoms with Crippen LogP contribution in [0.25, 0.3) is 0 Å². The van der Waals surface area contributed by atoms with Crippen molar-refractivity contribution >= 4 is 17.4 Å². The van der Waals surface area contributed by atoms with Crippen LogP contribution in [0.15, 0.2) is 48.5 Å². The number of ketones is 1. The number of amides is 1. The zero-order valence-electron chi connectivity index (χ0n) is 13.5. The van der Waals surface area contributed by atoms with Crippen LogP contribution in [0, 0.1) is 0 Å². The highest BCUT2D eigenvalue weighted by Crippen LogP contribution is 2.14. The predicted octanol–water partition coefficient (Wildman–Crippen LogP) is 3.86. The van der Waals surface area contributed by atoms with Gasteiger partial charge in [-0.15, -0.1) is 0 Å². The SMILES string of the molecule is CCCc1ccc(OCC(=O)Nc2cccc(C(C)=O)c2)cc1. The predicted molar refractivity (Wildman–Crippen MR) is 91.0 cm³/mol. The third-order valence-corrected chi connectivity index (χ3v) is 3.38. The van der Waals surface area contributed by atoms with Gasteiger partial charge in [-0.25, -0.2) is 0 Å². The van der Waals surface area contributed by atoms with Crippen LogP contribution in [0.5, 0.6) is 5.75 Å². The second kappa shape index (κ2) is 8.13. The maximum absolute atomic E-state index is 11.9. The van der Waals surface area contributed by atoms with Gasteiger partial charge in [0, 0.05) is 11.3 Å². The average Bonchev–Trinajstić information content (AvgIpc) is 2.55. The Morgan fingerprint density at radius 1 is 1.09 bits per heavy atom. The lowest BCUT2D eigenvalue weighted by Gasteiger charge is -2.09. The minimum Gasteiger partial charge on any atom is -0.484 e. The zero-order valence-corrected chi connectivity index (χ0v) is 13.5. The van der Waals surface area contributed by atoms with Crippen molar-refractivity contribution in [3.05, 3.63) is 59.7 Å². The maximum Gasteiger partial charge on any atom is 0.262 e. The Morgan fingerprint density at radius 3 is 2.48 bits per heavy atom. The topological polar surface area (TPSA) is 55.4 Å². The van der Waals surface area contributed by atoms with Crippen LogP contribution in [0.1, 0.15) is 36.2 Å². The summed E-state index contributed by atoms with van der Waals surface area (Å²) in [4.78, 5) is 23.2. The largest absolute Gasteiger partial charge is 0.484 e. The minimum atomic E-state index is -0.261. The monoisotopic (exact) mass is 311 g/mol. The first kappa shape index (κ1) is 16.7. The Morgan fingerprint density at radius 2 is 1.83 bits per heavy atom. The Hall–Kier alpha value is -2.62. The number of rotatable bonds is 7. The summed E-state index contributed by atoms with van der Waals surface area (Å²) in [6.45, 7) is 3.56. The van der Waals surface area contributed by atoms with E-state index in [-0.39, 0.29) is 18.3 Å². The number of hydrogen-bond acceptors (Lipinski definition) is 3. The molecule has 0 fully saturated rings. The molecule has 0 spiro atoms. The third kappa shape index (κ3) is 5.25. The van der Waals surface area contributed by atoms with Gasteiger partial charge in [0.05, 0.1) is 0 Å². The molecule has 0 aliphatic rings. The van der Waals surface area contributed by atoms with Crippen LogP contribution in [-0.2, 0) is 11.2 Å². The number of aryl methyl sites for hydroxylation is 1. The average molecular weight is 311 g/mol. The third-order valence-electron chi connectivity index (χ3n) is 3.38. The van der Waals surface area contributed by atoms with Crippen molar-refractivity contribution in [2.75, 3.05) is 11.9 Å². The fourth-order valence-corrected chi connectivity index (χ4v) is 2.20. The van der Waals surface area contributed by atoms with Gasteiger partial charge in [0.25, 0.3) is 5.91 Å². The molecule has 0 saturated carbocycles. The normalized spacial score (nSPS) is 10.2. The molecule has 1 amide bonds. The second-order valence-corrected chi connectivity index (χ2v) is 5.37. The van der Waals surface area contributed by atoms with E-state index in [1.54, 1.807) is 24.3 Å². The Bertz CT molecular complexity index is 677. The number of carbonyl (C=O) groups excluding carboxylic acids is 2. The van der Waals surface area contributed by atoms with E-state index < -0.39 is 0 Å². The van der Waals surface area contributed by atoms with E-state index in [0.29, 0.717) is 17.0 Å². The van der Waals surface area contributed by atoms with E-state index in [1.165, 1.54) is 12.5 Å². The van der Waals surface area contributed by atoms with E-state index in [4.69, 9.17) is 4.74 Å². The van der Waals surface area contributed by atoms with Crippen LogP contribution in [0.4, 0.5) is 5.69 Å². The van der Waals surface area contributed by atoms with Gasteiger partial charge in [-0.2, -0.15) is 0 Å². The van der Waals surface area contributed by atoms with Crippen molar-refractivity contribution in [1.29, 1.82) is 0 Å². The van der Waals surface area contributed by atoms with Crippen molar-refractivity contribution in [1.82, 2.24) is 0 Å². The molecule has 0 aromatic heterocycles. The second-order valence-electron chi connectivity index (χ2n) is 5.37. The van der Waals surface area contributed by atoms with Crippen molar-refractivity contribution < 1.29 is 14.3 Å². The van der Waals surface area contributed by atoms with Gasteiger partial charge >= 0.3 is 0 Å². The molecule has 0 atom stereocenters. The van der Waals surface area contributed by atoms with E-state index in [0.717, 1.165) is 12.8 Å². The summed E-state index contributed by atoms with van der Waals surface area (Å²) in [5.41, 5.74) is 2.41. The van der Waals surface area contributed by atoms with Crippen molar-refractivity contribution in [3.63, 3.8) is 0 Å². The van der Waals surface area contributed by atoms with Crippen molar-refractivity contribution in [2.24, 2.45) is 0 Å². The van der Waals surface area contributed by atoms with Gasteiger partial charge in [0.1, 0.15) is 5.75 Å². The lowest BCUT2D eigenvalue weighted by atomic mass is 10.1. The molecule has 2 aromatic rings. The number of ether oxygens (including phenoxy) is 1. The Balaban J connectivity index is 1.87. The number of hydrogen-bond donors (Lipinski definition) is 1. The molecule has 23 heavy (non-hydrogen) atoms. The summed E-state index contributed by atoms with van der Waals surface area (Å²) in [6, 6.07) is 14.6. The Labute approximate surface area is 136 Å². The fourth-order valence-electron chi connectivity index (χ4n) is 2.20. The summed E-state index contributed by atoms with van der Waals surface area (Å²) in [5, 5.41) is 2.72. The number of carbonyl (C=O) groups is 2. The lowest BCUT2D eigenvalue weighted by molar-refractivity contribution is -0.118. The van der Waals surface area contributed by atoms with Gasteiger partial charge in [-0.1, -0.05) is 37.6 Å². The molecule has 120 valence electrons. The molecule has 2 rings (SSSR count). The number of benzene rings is 2. The van der Waals surface area contributed by atoms with Gasteiger partial charge in [0.15, 0.2) is 12.4 Å². The molecule has 1 N–H and O–H groups in total. The standard InChI is InChI=1S/C19H21NO3/c1-3-5-15-8-10-18(11-9-15)23-13-19(22)20-17-7-4-6-16(12-17)14(2)21/h4,6-12H,3,5,13H2,1-2H3,(H,20,22). The van der Waals surface area contributed by atoms with Crippen LogP contribution < -0.4 is 10.1 Å². The Kier molecular flexibility index (Phi) is 5.92. The molecule has 0 aliphatic heterocycles. The highest BCUT2D eigenvalue weighted by Gasteiger charge is 2.06. The fraction of sp³-hybridized carbons (Fsp3) is 0.263. The van der Waals surface area contributed by atoms with Gasteiger partial charge in [0.2, 0.25) is 0 Å². The first-order valence-corrected chi connectivity index (χ1v) is 7.71. The maximum atomic E-state index is 11.9. The summed E-state index contributed by atoms with van der Waals surface area (Å²) in [6.07, 6.45) is 2.13. The van der Waals surface area contributed by atoms with Gasteiger partial charge in [-0.05, 0) is 43.2 Å². The highest BCUT2D eigenvalue weighted by molar-refractivity contribution is 5.97. The first-order valence-electron chi connectivity index (χ1n) is 7.71. The minimum absolute atomic E-state index is 0.0375. The highest BCUT2D eigenvalue weighted by atomic mass is 16.5. The molecular weight excluding hydrogens is 290 g/mol. The van der Waals surface area contributed by atoms with E-state index in [2.05, 4.69) is 12.2 Å². The summed E-state index contributed by atoms with van der Waals surface area (Å²) >= 11 is 0. The van der Waals surface area contributed by atoms with E-state index in [1.807, 2.05) is 24.3 Å². The molecule has 0 unspecified atom stereocenters. The number of anilines is 1. The first-order chi connectivity index (χ1) is 11.1. The van der Waals surface area contributed by atoms with Crippen LogP contribution >= 0.6 is 0 Å². The van der Waals surface area contributed by atoms with E-state index in [9.17, 15) is 9.59 Å². The molecular formula is C19H21NO3. The van der Waals surface area contributed by atoms with Gasteiger partial charge in [-0.3, -0.25) is 9.59 Å². The molecule has 0 radical (unpaired) electrons. The van der Waals surface area contributed by atoms with Gasteiger partial charge < -0.3 is 10.1 Å². The number of Topliss-reactive ketones (excluding diaryl/α,β-unsaturated/α-hetero) is 1. The smallest absolute Gasteiger partial charge is 0.262 e. The summed E-state index contributed by atoms with van der Waals surface area (Å²) < 4.78 is 5.47. The zero-order chi connectivity index (χ0) is 16.7. The van der Waals surface area contributed by atoms with E-state index >= 15 is 0 Å².